The molecule has 2 atom stereocenters. The van der Waals surface area contributed by atoms with Crippen LogP contribution < -0.4 is 5.32 Å². The van der Waals surface area contributed by atoms with Crippen molar-refractivity contribution in [1.29, 1.82) is 0 Å². The summed E-state index contributed by atoms with van der Waals surface area (Å²) in [5.74, 6) is 1.15. The number of nitrogens with one attached hydrogen (secondary N) is 1. The summed E-state index contributed by atoms with van der Waals surface area (Å²) in [4.78, 5) is 10.3. The summed E-state index contributed by atoms with van der Waals surface area (Å²) in [6, 6.07) is 3.02. The average molecular weight is 331 g/mol. The normalized spacial score (nSPS) is 22.3. The van der Waals surface area contributed by atoms with Crippen LogP contribution in [0.3, 0.4) is 0 Å². The number of benzene rings is 1. The molecule has 0 amide bonds. The van der Waals surface area contributed by atoms with Gasteiger partial charge in [0.1, 0.15) is 0 Å². The van der Waals surface area contributed by atoms with Crippen molar-refractivity contribution in [1.82, 2.24) is 0 Å². The molecule has 0 aliphatic heterocycles. The molecule has 1 aromatic carbocycles. The van der Waals surface area contributed by atoms with E-state index in [1.54, 1.807) is 0 Å². The summed E-state index contributed by atoms with van der Waals surface area (Å²) in [5, 5.41) is 14.9. The molecule has 0 heterocycles. The summed E-state index contributed by atoms with van der Waals surface area (Å²) in [7, 11) is 0. The monoisotopic (exact) mass is 330 g/mol. The van der Waals surface area contributed by atoms with E-state index in [-0.39, 0.29) is 5.69 Å². The molecule has 116 valence electrons. The molecule has 1 aliphatic rings. The number of halogens is 2. The van der Waals surface area contributed by atoms with Crippen molar-refractivity contribution in [3.63, 3.8) is 0 Å². The highest BCUT2D eigenvalue weighted by molar-refractivity contribution is 6.39. The molecule has 0 bridgehead atoms. The van der Waals surface area contributed by atoms with E-state index in [1.807, 2.05) is 0 Å². The number of anilines is 1. The number of hydrogen-bond donors (Lipinski definition) is 1. The molecule has 0 radical (unpaired) electrons. The fourth-order valence-corrected chi connectivity index (χ4v) is 3.71. The van der Waals surface area contributed by atoms with Gasteiger partial charge in [-0.2, -0.15) is 0 Å². The minimum Gasteiger partial charge on any atom is -0.380 e. The van der Waals surface area contributed by atoms with E-state index in [0.717, 1.165) is 6.42 Å². The molecule has 0 aromatic heterocycles. The molecule has 1 fully saturated rings. The Labute approximate surface area is 135 Å². The average Bonchev–Trinajstić information content (AvgIpc) is 2.42. The summed E-state index contributed by atoms with van der Waals surface area (Å²) in [6.45, 7) is 4.45. The minimum absolute atomic E-state index is 0.0837. The second-order valence-electron chi connectivity index (χ2n) is 5.98. The first kappa shape index (κ1) is 16.4. The number of nitro benzene ring substituents is 1. The van der Waals surface area contributed by atoms with Crippen LogP contribution in [0.15, 0.2) is 12.1 Å². The fourth-order valence-electron chi connectivity index (χ4n) is 3.13. The van der Waals surface area contributed by atoms with Crippen LogP contribution in [0.25, 0.3) is 0 Å². The van der Waals surface area contributed by atoms with Crippen molar-refractivity contribution in [2.24, 2.45) is 11.8 Å². The Hall–Kier alpha value is -1.00. The summed E-state index contributed by atoms with van der Waals surface area (Å²) < 4.78 is 0. The lowest BCUT2D eigenvalue weighted by atomic mass is 9.78. The molecule has 4 nitrogen and oxygen atoms in total. The van der Waals surface area contributed by atoms with E-state index in [2.05, 4.69) is 19.2 Å². The third kappa shape index (κ3) is 3.80. The van der Waals surface area contributed by atoms with Crippen LogP contribution >= 0.6 is 23.2 Å². The van der Waals surface area contributed by atoms with E-state index in [1.165, 1.54) is 31.4 Å². The highest BCUT2D eigenvalue weighted by Gasteiger charge is 2.28. The Morgan fingerprint density at radius 2 is 1.81 bits per heavy atom. The maximum Gasteiger partial charge on any atom is 0.272 e. The Morgan fingerprint density at radius 1 is 1.24 bits per heavy atom. The van der Waals surface area contributed by atoms with Gasteiger partial charge in [-0.05, 0) is 24.7 Å². The lowest BCUT2D eigenvalue weighted by Crippen LogP contribution is -2.35. The molecule has 1 N–H and O–H groups in total. The Balaban J connectivity index is 2.24. The molecule has 1 aromatic rings. The quantitative estimate of drug-likeness (QED) is 0.583. The number of nitrogens with zero attached hydrogens (tertiary/aromatic N) is 1. The summed E-state index contributed by atoms with van der Waals surface area (Å²) in [6.07, 6.45) is 4.70. The Morgan fingerprint density at radius 3 is 2.33 bits per heavy atom. The van der Waals surface area contributed by atoms with Gasteiger partial charge >= 0.3 is 0 Å². The standard InChI is InChI=1S/C15H20Cl2N2O2/c1-9(2)11-5-3-4-6-14(11)18-15-12(16)7-10(19(20)21)8-13(15)17/h7-9,11,14,18H,3-6H2,1-2H3. The van der Waals surface area contributed by atoms with Gasteiger partial charge in [-0.3, -0.25) is 10.1 Å². The minimum atomic E-state index is -0.487. The summed E-state index contributed by atoms with van der Waals surface area (Å²) >= 11 is 12.3. The molecule has 2 rings (SSSR count). The maximum absolute atomic E-state index is 10.8. The molecule has 1 saturated carbocycles. The molecule has 6 heteroatoms. The van der Waals surface area contributed by atoms with Gasteiger partial charge in [0.05, 0.1) is 20.7 Å². The van der Waals surface area contributed by atoms with Gasteiger partial charge in [-0.25, -0.2) is 0 Å². The van der Waals surface area contributed by atoms with E-state index in [4.69, 9.17) is 23.2 Å². The van der Waals surface area contributed by atoms with Crippen LogP contribution in [0.2, 0.25) is 10.0 Å². The van der Waals surface area contributed by atoms with E-state index in [0.29, 0.717) is 33.6 Å². The molecule has 0 saturated heterocycles. The molecule has 0 spiro atoms. The van der Waals surface area contributed by atoms with E-state index >= 15 is 0 Å². The van der Waals surface area contributed by atoms with Crippen LogP contribution in [-0.4, -0.2) is 11.0 Å². The smallest absolute Gasteiger partial charge is 0.272 e. The van der Waals surface area contributed by atoms with Gasteiger partial charge in [0.2, 0.25) is 0 Å². The molecule has 2 unspecified atom stereocenters. The third-order valence-electron chi connectivity index (χ3n) is 4.24. The van der Waals surface area contributed by atoms with Gasteiger partial charge in [0.15, 0.2) is 0 Å². The first-order chi connectivity index (χ1) is 9.90. The Bertz CT molecular complexity index is 511. The topological polar surface area (TPSA) is 55.2 Å². The first-order valence-corrected chi connectivity index (χ1v) is 8.05. The molecule has 21 heavy (non-hydrogen) atoms. The van der Waals surface area contributed by atoms with Gasteiger partial charge in [-0.1, -0.05) is 49.9 Å². The second-order valence-corrected chi connectivity index (χ2v) is 6.80. The van der Waals surface area contributed by atoms with Crippen molar-refractivity contribution >= 4 is 34.6 Å². The SMILES string of the molecule is CC(C)C1CCCCC1Nc1c(Cl)cc([N+](=O)[O-])cc1Cl. The Kier molecular flexibility index (Phi) is 5.33. The zero-order valence-electron chi connectivity index (χ0n) is 12.2. The largest absolute Gasteiger partial charge is 0.380 e. The molecular weight excluding hydrogens is 311 g/mol. The predicted molar refractivity (Wildman–Crippen MR) is 87.3 cm³/mol. The number of rotatable bonds is 4. The number of nitro groups is 1. The van der Waals surface area contributed by atoms with Crippen molar-refractivity contribution in [3.8, 4) is 0 Å². The lowest BCUT2D eigenvalue weighted by Gasteiger charge is -2.36. The number of non-ortho nitro benzene ring substituents is 1. The van der Waals surface area contributed by atoms with Gasteiger partial charge in [-0.15, -0.1) is 0 Å². The van der Waals surface area contributed by atoms with Crippen molar-refractivity contribution in [2.75, 3.05) is 5.32 Å². The van der Waals surface area contributed by atoms with Crippen molar-refractivity contribution < 1.29 is 4.92 Å². The second kappa shape index (κ2) is 6.84. The predicted octanol–water partition coefficient (Wildman–Crippen LogP) is 5.53. The maximum atomic E-state index is 10.8. The molecule has 1 aliphatic carbocycles. The zero-order chi connectivity index (χ0) is 15.6. The van der Waals surface area contributed by atoms with Crippen LogP contribution in [0.1, 0.15) is 39.5 Å². The van der Waals surface area contributed by atoms with Crippen LogP contribution in [-0.2, 0) is 0 Å². The van der Waals surface area contributed by atoms with Gasteiger partial charge in [0, 0.05) is 18.2 Å². The van der Waals surface area contributed by atoms with E-state index < -0.39 is 4.92 Å². The fraction of sp³-hybridized carbons (Fsp3) is 0.600. The van der Waals surface area contributed by atoms with Crippen molar-refractivity contribution in [2.45, 2.75) is 45.6 Å². The van der Waals surface area contributed by atoms with Gasteiger partial charge in [0.25, 0.3) is 5.69 Å². The van der Waals surface area contributed by atoms with Gasteiger partial charge < -0.3 is 5.32 Å². The van der Waals surface area contributed by atoms with Crippen LogP contribution in [0, 0.1) is 22.0 Å². The number of hydrogen-bond acceptors (Lipinski definition) is 3. The van der Waals surface area contributed by atoms with Crippen LogP contribution in [0.5, 0.6) is 0 Å². The first-order valence-electron chi connectivity index (χ1n) is 7.30. The van der Waals surface area contributed by atoms with Crippen LogP contribution in [0.4, 0.5) is 11.4 Å². The molecular formula is C15H20Cl2N2O2. The zero-order valence-corrected chi connectivity index (χ0v) is 13.7. The van der Waals surface area contributed by atoms with E-state index in [9.17, 15) is 10.1 Å². The highest BCUT2D eigenvalue weighted by atomic mass is 35.5. The third-order valence-corrected chi connectivity index (χ3v) is 4.84. The lowest BCUT2D eigenvalue weighted by molar-refractivity contribution is -0.384. The summed E-state index contributed by atoms with van der Waals surface area (Å²) in [5.41, 5.74) is 0.529. The highest BCUT2D eigenvalue weighted by Crippen LogP contribution is 2.38. The van der Waals surface area contributed by atoms with Crippen molar-refractivity contribution in [3.05, 3.63) is 32.3 Å².